The van der Waals surface area contributed by atoms with Gasteiger partial charge >= 0.3 is 0 Å². The Morgan fingerprint density at radius 2 is 1.81 bits per heavy atom. The number of nitrogens with zero attached hydrogens (tertiary/aromatic N) is 1. The first-order valence-corrected chi connectivity index (χ1v) is 9.73. The van der Waals surface area contributed by atoms with Crippen molar-refractivity contribution in [1.29, 1.82) is 0 Å². The molecule has 2 aromatic rings. The van der Waals surface area contributed by atoms with Crippen molar-refractivity contribution in [3.05, 3.63) is 58.6 Å². The van der Waals surface area contributed by atoms with E-state index in [0.29, 0.717) is 29.5 Å². The van der Waals surface area contributed by atoms with E-state index in [1.807, 2.05) is 6.92 Å². The van der Waals surface area contributed by atoms with E-state index in [1.165, 1.54) is 38.4 Å². The summed E-state index contributed by atoms with van der Waals surface area (Å²) in [4.78, 5) is 12.3. The smallest absolute Gasteiger partial charge is 0.251 e. The highest BCUT2D eigenvalue weighted by molar-refractivity contribution is 7.89. The van der Waals surface area contributed by atoms with Crippen LogP contribution in [0.3, 0.4) is 0 Å². The van der Waals surface area contributed by atoms with Crippen LogP contribution >= 0.6 is 11.6 Å². The fourth-order valence-electron chi connectivity index (χ4n) is 2.19. The number of hydrogen-bond acceptors (Lipinski definition) is 4. The van der Waals surface area contributed by atoms with Gasteiger partial charge in [0.15, 0.2) is 0 Å². The van der Waals surface area contributed by atoms with Crippen molar-refractivity contribution in [2.75, 3.05) is 27.2 Å². The molecular weight excluding hydrogens is 376 g/mol. The van der Waals surface area contributed by atoms with E-state index in [-0.39, 0.29) is 10.8 Å². The highest BCUT2D eigenvalue weighted by atomic mass is 35.5. The number of ether oxygens (including phenoxy) is 1. The Labute approximate surface area is 158 Å². The molecule has 0 unspecified atom stereocenters. The Morgan fingerprint density at radius 3 is 2.38 bits per heavy atom. The van der Waals surface area contributed by atoms with Crippen LogP contribution in [0.4, 0.5) is 0 Å². The lowest BCUT2D eigenvalue weighted by Gasteiger charge is -2.12. The molecule has 1 amide bonds. The van der Waals surface area contributed by atoms with E-state index in [9.17, 15) is 13.2 Å². The molecule has 0 aliphatic carbocycles. The molecule has 1 N–H and O–H groups in total. The molecule has 2 rings (SSSR count). The number of aryl methyl sites for hydroxylation is 1. The van der Waals surface area contributed by atoms with Crippen LogP contribution in [-0.2, 0) is 10.0 Å². The fraction of sp³-hybridized carbons (Fsp3) is 0.278. The number of nitrogens with one attached hydrogen (secondary N) is 1. The second-order valence-electron chi connectivity index (χ2n) is 5.83. The lowest BCUT2D eigenvalue weighted by atomic mass is 10.2. The molecule has 0 bridgehead atoms. The monoisotopic (exact) mass is 396 g/mol. The molecule has 26 heavy (non-hydrogen) atoms. The van der Waals surface area contributed by atoms with Crippen molar-refractivity contribution in [2.45, 2.75) is 11.8 Å². The summed E-state index contributed by atoms with van der Waals surface area (Å²) in [6, 6.07) is 11.1. The van der Waals surface area contributed by atoms with Gasteiger partial charge < -0.3 is 10.1 Å². The third kappa shape index (κ3) is 4.97. The zero-order valence-corrected chi connectivity index (χ0v) is 16.4. The van der Waals surface area contributed by atoms with Gasteiger partial charge in [-0.15, -0.1) is 0 Å². The topological polar surface area (TPSA) is 75.7 Å². The maximum absolute atomic E-state index is 12.1. The molecule has 0 fully saturated rings. The number of carbonyl (C=O) groups excluding carboxylic acids is 1. The predicted octanol–water partition coefficient (Wildman–Crippen LogP) is 2.71. The van der Waals surface area contributed by atoms with E-state index >= 15 is 0 Å². The molecule has 0 aliphatic rings. The molecule has 140 valence electrons. The second kappa shape index (κ2) is 8.53. The molecule has 0 heterocycles. The van der Waals surface area contributed by atoms with Gasteiger partial charge in [-0.2, -0.15) is 0 Å². The van der Waals surface area contributed by atoms with Gasteiger partial charge in [0.05, 0.1) is 11.4 Å². The van der Waals surface area contributed by atoms with Gasteiger partial charge in [-0.05, 0) is 55.0 Å². The van der Waals surface area contributed by atoms with Crippen LogP contribution in [0.5, 0.6) is 5.75 Å². The van der Waals surface area contributed by atoms with E-state index in [2.05, 4.69) is 5.32 Å². The predicted molar refractivity (Wildman–Crippen MR) is 101 cm³/mol. The Bertz CT molecular complexity index is 881. The molecule has 0 radical (unpaired) electrons. The van der Waals surface area contributed by atoms with Gasteiger partial charge in [0.1, 0.15) is 12.4 Å². The summed E-state index contributed by atoms with van der Waals surface area (Å²) < 4.78 is 30.7. The van der Waals surface area contributed by atoms with Crippen molar-refractivity contribution in [3.8, 4) is 5.75 Å². The van der Waals surface area contributed by atoms with Crippen molar-refractivity contribution in [1.82, 2.24) is 9.62 Å². The van der Waals surface area contributed by atoms with Crippen LogP contribution in [0.15, 0.2) is 47.4 Å². The summed E-state index contributed by atoms with van der Waals surface area (Å²) in [6.45, 7) is 2.52. The second-order valence-corrected chi connectivity index (χ2v) is 8.41. The minimum absolute atomic E-state index is 0.139. The van der Waals surface area contributed by atoms with E-state index in [4.69, 9.17) is 16.3 Å². The van der Waals surface area contributed by atoms with Gasteiger partial charge in [0.2, 0.25) is 10.0 Å². The molecular formula is C18H21ClN2O4S. The van der Waals surface area contributed by atoms with Crippen LogP contribution in [-0.4, -0.2) is 45.9 Å². The molecule has 8 heteroatoms. The van der Waals surface area contributed by atoms with Crippen LogP contribution in [0.1, 0.15) is 15.9 Å². The lowest BCUT2D eigenvalue weighted by Crippen LogP contribution is -2.28. The molecule has 0 atom stereocenters. The van der Waals surface area contributed by atoms with Crippen LogP contribution in [0.25, 0.3) is 0 Å². The van der Waals surface area contributed by atoms with E-state index in [0.717, 1.165) is 9.87 Å². The first kappa shape index (κ1) is 20.2. The average Bonchev–Trinajstić information content (AvgIpc) is 2.60. The molecule has 0 aliphatic heterocycles. The average molecular weight is 397 g/mol. The minimum atomic E-state index is -3.51. The Morgan fingerprint density at radius 1 is 1.15 bits per heavy atom. The van der Waals surface area contributed by atoms with Crippen molar-refractivity contribution in [3.63, 3.8) is 0 Å². The van der Waals surface area contributed by atoms with Crippen molar-refractivity contribution >= 4 is 27.5 Å². The molecule has 6 nitrogen and oxygen atoms in total. The first-order chi connectivity index (χ1) is 12.2. The van der Waals surface area contributed by atoms with Gasteiger partial charge in [-0.25, -0.2) is 12.7 Å². The number of halogens is 1. The maximum atomic E-state index is 12.1. The SMILES string of the molecule is Cc1cc(Cl)ccc1OCCNC(=O)c1ccc(S(=O)(=O)N(C)C)cc1. The highest BCUT2D eigenvalue weighted by Gasteiger charge is 2.17. The summed E-state index contributed by atoms with van der Waals surface area (Å²) in [5.74, 6) is 0.414. The Kier molecular flexibility index (Phi) is 6.63. The summed E-state index contributed by atoms with van der Waals surface area (Å²) in [7, 11) is -0.592. The summed E-state index contributed by atoms with van der Waals surface area (Å²) >= 11 is 5.89. The van der Waals surface area contributed by atoms with E-state index in [1.54, 1.807) is 18.2 Å². The number of benzene rings is 2. The zero-order valence-electron chi connectivity index (χ0n) is 14.8. The van der Waals surface area contributed by atoms with Crippen molar-refractivity contribution in [2.24, 2.45) is 0 Å². The van der Waals surface area contributed by atoms with E-state index < -0.39 is 10.0 Å². The summed E-state index contributed by atoms with van der Waals surface area (Å²) in [6.07, 6.45) is 0. The summed E-state index contributed by atoms with van der Waals surface area (Å²) in [5.41, 5.74) is 1.30. The van der Waals surface area contributed by atoms with Gasteiger partial charge in [-0.1, -0.05) is 11.6 Å². The first-order valence-electron chi connectivity index (χ1n) is 7.91. The zero-order chi connectivity index (χ0) is 19.3. The van der Waals surface area contributed by atoms with Crippen LogP contribution in [0, 0.1) is 6.92 Å². The molecule has 2 aromatic carbocycles. The van der Waals surface area contributed by atoms with Gasteiger partial charge in [0.25, 0.3) is 5.91 Å². The Balaban J connectivity index is 1.88. The third-order valence-corrected chi connectivity index (χ3v) is 5.74. The molecule has 0 saturated heterocycles. The van der Waals surface area contributed by atoms with Crippen LogP contribution in [0.2, 0.25) is 5.02 Å². The minimum Gasteiger partial charge on any atom is -0.491 e. The van der Waals surface area contributed by atoms with Crippen molar-refractivity contribution < 1.29 is 17.9 Å². The highest BCUT2D eigenvalue weighted by Crippen LogP contribution is 2.21. The molecule has 0 aromatic heterocycles. The number of hydrogen-bond donors (Lipinski definition) is 1. The molecule has 0 spiro atoms. The van der Waals surface area contributed by atoms with Gasteiger partial charge in [-0.3, -0.25) is 4.79 Å². The number of carbonyl (C=O) groups is 1. The van der Waals surface area contributed by atoms with Crippen LogP contribution < -0.4 is 10.1 Å². The lowest BCUT2D eigenvalue weighted by molar-refractivity contribution is 0.0947. The molecule has 0 saturated carbocycles. The fourth-order valence-corrected chi connectivity index (χ4v) is 3.32. The quantitative estimate of drug-likeness (QED) is 0.730. The normalized spacial score (nSPS) is 11.4. The number of sulfonamides is 1. The third-order valence-electron chi connectivity index (χ3n) is 3.68. The maximum Gasteiger partial charge on any atom is 0.251 e. The number of amides is 1. The largest absolute Gasteiger partial charge is 0.491 e. The Hall–Kier alpha value is -2.09. The summed E-state index contributed by atoms with van der Waals surface area (Å²) in [5, 5.41) is 3.37. The number of rotatable bonds is 7. The van der Waals surface area contributed by atoms with Gasteiger partial charge in [0, 0.05) is 24.7 Å². The standard InChI is InChI=1S/C18H21ClN2O4S/c1-13-12-15(19)6-9-17(13)25-11-10-20-18(22)14-4-7-16(8-5-14)26(23,24)21(2)3/h4-9,12H,10-11H2,1-3H3,(H,20,22).